The van der Waals surface area contributed by atoms with Crippen LogP contribution in [0.25, 0.3) is 0 Å². The number of nitrogens with one attached hydrogen (secondary N) is 2. The lowest BCUT2D eigenvalue weighted by atomic mass is 10.2. The van der Waals surface area contributed by atoms with E-state index >= 15 is 0 Å². The minimum Gasteiger partial charge on any atom is -0.468 e. The Hall–Kier alpha value is -1.67. The summed E-state index contributed by atoms with van der Waals surface area (Å²) in [5, 5.41) is 14.4. The number of rotatable bonds is 4. The van der Waals surface area contributed by atoms with Gasteiger partial charge in [0.1, 0.15) is 6.04 Å². The van der Waals surface area contributed by atoms with Crippen LogP contribution in [0.4, 0.5) is 4.79 Å². The van der Waals surface area contributed by atoms with Crippen molar-refractivity contribution in [3.63, 3.8) is 0 Å². The van der Waals surface area contributed by atoms with Crippen LogP contribution in [0.5, 0.6) is 0 Å². The second-order valence-corrected chi connectivity index (χ2v) is 5.15. The molecular formula is C12H19N3O5. The zero-order valence-electron chi connectivity index (χ0n) is 11.3. The van der Waals surface area contributed by atoms with E-state index in [9.17, 15) is 19.5 Å². The molecule has 2 fully saturated rings. The van der Waals surface area contributed by atoms with E-state index in [1.807, 2.05) is 0 Å². The Morgan fingerprint density at radius 1 is 1.35 bits per heavy atom. The van der Waals surface area contributed by atoms with Gasteiger partial charge in [0.15, 0.2) is 0 Å². The third kappa shape index (κ3) is 3.91. The first-order valence-corrected chi connectivity index (χ1v) is 6.60. The van der Waals surface area contributed by atoms with Gasteiger partial charge in [-0.25, -0.2) is 4.79 Å². The molecule has 1 aliphatic heterocycles. The molecule has 2 aliphatic rings. The quantitative estimate of drug-likeness (QED) is 0.547. The minimum atomic E-state index is -0.674. The van der Waals surface area contributed by atoms with Gasteiger partial charge in [-0.05, 0) is 12.8 Å². The molecule has 0 spiro atoms. The van der Waals surface area contributed by atoms with Crippen molar-refractivity contribution in [2.75, 3.05) is 20.2 Å². The number of esters is 1. The summed E-state index contributed by atoms with van der Waals surface area (Å²) in [4.78, 5) is 36.2. The summed E-state index contributed by atoms with van der Waals surface area (Å²) >= 11 is 0. The molecule has 1 saturated carbocycles. The number of β-amino-alcohol motifs (C(OH)–C–C–N with tert-alkyl or cyclic N) is 1. The average molecular weight is 285 g/mol. The summed E-state index contributed by atoms with van der Waals surface area (Å²) in [5.74, 6) is -0.997. The molecule has 1 heterocycles. The topological polar surface area (TPSA) is 108 Å². The zero-order valence-corrected chi connectivity index (χ0v) is 11.3. The smallest absolute Gasteiger partial charge is 0.323 e. The number of amides is 3. The maximum Gasteiger partial charge on any atom is 0.323 e. The van der Waals surface area contributed by atoms with Gasteiger partial charge in [-0.15, -0.1) is 0 Å². The maximum atomic E-state index is 11.7. The number of nitrogens with zero attached hydrogens (tertiary/aromatic N) is 1. The van der Waals surface area contributed by atoms with E-state index in [-0.39, 0.29) is 25.6 Å². The third-order valence-corrected chi connectivity index (χ3v) is 3.37. The molecule has 20 heavy (non-hydrogen) atoms. The number of imide groups is 1. The highest BCUT2D eigenvalue weighted by atomic mass is 16.5. The van der Waals surface area contributed by atoms with Crippen LogP contribution in [-0.2, 0) is 14.3 Å². The van der Waals surface area contributed by atoms with Crippen LogP contribution in [0.15, 0.2) is 0 Å². The Morgan fingerprint density at radius 2 is 2.05 bits per heavy atom. The molecule has 3 amide bonds. The molecular weight excluding hydrogens is 266 g/mol. The predicted octanol–water partition coefficient (Wildman–Crippen LogP) is -1.42. The van der Waals surface area contributed by atoms with E-state index in [1.165, 1.54) is 12.0 Å². The van der Waals surface area contributed by atoms with Gasteiger partial charge in [-0.2, -0.15) is 0 Å². The standard InChI is InChI=1S/C12H19N3O5/c1-20-11(18)9-4-8(16)5-15(9)6-10(17)14-12(19)13-7-2-3-7/h7-9,16H,2-6H2,1H3,(H2,13,14,17,19). The lowest BCUT2D eigenvalue weighted by Gasteiger charge is -2.21. The fraction of sp³-hybridized carbons (Fsp3) is 0.750. The lowest BCUT2D eigenvalue weighted by Crippen LogP contribution is -2.47. The molecule has 112 valence electrons. The number of aliphatic hydroxyl groups excluding tert-OH is 1. The summed E-state index contributed by atoms with van der Waals surface area (Å²) in [6, 6.07) is -1.00. The van der Waals surface area contributed by atoms with Crippen molar-refractivity contribution in [3.05, 3.63) is 0 Å². The first kappa shape index (κ1) is 14.7. The largest absolute Gasteiger partial charge is 0.468 e. The van der Waals surface area contributed by atoms with Crippen LogP contribution in [0, 0.1) is 0 Å². The van der Waals surface area contributed by atoms with E-state index in [1.54, 1.807) is 0 Å². The van der Waals surface area contributed by atoms with Gasteiger partial charge in [0.2, 0.25) is 5.91 Å². The van der Waals surface area contributed by atoms with Crippen LogP contribution in [0.1, 0.15) is 19.3 Å². The second kappa shape index (κ2) is 6.19. The number of aliphatic hydroxyl groups is 1. The van der Waals surface area contributed by atoms with Crippen LogP contribution < -0.4 is 10.6 Å². The zero-order chi connectivity index (χ0) is 14.7. The molecule has 2 atom stereocenters. The Bertz CT molecular complexity index is 410. The van der Waals surface area contributed by atoms with Crippen LogP contribution >= 0.6 is 0 Å². The van der Waals surface area contributed by atoms with Gasteiger partial charge in [0.25, 0.3) is 0 Å². The Kier molecular flexibility index (Phi) is 4.56. The fourth-order valence-corrected chi connectivity index (χ4v) is 2.24. The van der Waals surface area contributed by atoms with Crippen molar-refractivity contribution in [1.29, 1.82) is 0 Å². The molecule has 2 rings (SSSR count). The lowest BCUT2D eigenvalue weighted by molar-refractivity contribution is -0.146. The van der Waals surface area contributed by atoms with E-state index in [2.05, 4.69) is 15.4 Å². The van der Waals surface area contributed by atoms with Gasteiger partial charge in [0.05, 0.1) is 19.8 Å². The van der Waals surface area contributed by atoms with Crippen molar-refractivity contribution >= 4 is 17.9 Å². The van der Waals surface area contributed by atoms with E-state index in [4.69, 9.17) is 0 Å². The summed E-state index contributed by atoms with van der Waals surface area (Å²) in [6.45, 7) is 0.0757. The summed E-state index contributed by atoms with van der Waals surface area (Å²) in [5.41, 5.74) is 0. The van der Waals surface area contributed by atoms with Crippen LogP contribution in [0.2, 0.25) is 0 Å². The SMILES string of the molecule is COC(=O)C1CC(O)CN1CC(=O)NC(=O)NC1CC1. The van der Waals surface area contributed by atoms with Crippen LogP contribution in [0.3, 0.4) is 0 Å². The number of urea groups is 1. The second-order valence-electron chi connectivity index (χ2n) is 5.15. The van der Waals surface area contributed by atoms with Gasteiger partial charge in [0, 0.05) is 19.0 Å². The first-order valence-electron chi connectivity index (χ1n) is 6.60. The number of carbonyl (C=O) groups excluding carboxylic acids is 3. The maximum absolute atomic E-state index is 11.7. The van der Waals surface area contributed by atoms with Gasteiger partial charge >= 0.3 is 12.0 Å². The number of carbonyl (C=O) groups is 3. The normalized spacial score (nSPS) is 26.1. The van der Waals surface area contributed by atoms with E-state index < -0.39 is 30.1 Å². The van der Waals surface area contributed by atoms with Crippen molar-refractivity contribution in [2.24, 2.45) is 0 Å². The molecule has 0 radical (unpaired) electrons. The van der Waals surface area contributed by atoms with Crippen molar-refractivity contribution in [2.45, 2.75) is 37.5 Å². The highest BCUT2D eigenvalue weighted by molar-refractivity contribution is 5.95. The molecule has 8 nitrogen and oxygen atoms in total. The fourth-order valence-electron chi connectivity index (χ4n) is 2.24. The Morgan fingerprint density at radius 3 is 2.65 bits per heavy atom. The summed E-state index contributed by atoms with van der Waals surface area (Å²) in [6.07, 6.45) is 1.43. The molecule has 8 heteroatoms. The van der Waals surface area contributed by atoms with Gasteiger partial charge in [-0.3, -0.25) is 19.8 Å². The molecule has 1 saturated heterocycles. The number of hydrogen-bond donors (Lipinski definition) is 3. The minimum absolute atomic E-state index is 0.130. The molecule has 3 N–H and O–H groups in total. The highest BCUT2D eigenvalue weighted by Gasteiger charge is 2.37. The van der Waals surface area contributed by atoms with Crippen LogP contribution in [-0.4, -0.2) is 66.3 Å². The number of ether oxygens (including phenoxy) is 1. The average Bonchev–Trinajstić information content (AvgIpc) is 3.10. The van der Waals surface area contributed by atoms with E-state index in [0.717, 1.165) is 12.8 Å². The molecule has 2 unspecified atom stereocenters. The summed E-state index contributed by atoms with van der Waals surface area (Å²) < 4.78 is 4.63. The molecule has 0 aromatic rings. The monoisotopic (exact) mass is 285 g/mol. The molecule has 0 aromatic carbocycles. The van der Waals surface area contributed by atoms with Gasteiger partial charge < -0.3 is 15.2 Å². The third-order valence-electron chi connectivity index (χ3n) is 3.37. The highest BCUT2D eigenvalue weighted by Crippen LogP contribution is 2.19. The van der Waals surface area contributed by atoms with E-state index in [0.29, 0.717) is 0 Å². The molecule has 0 bridgehead atoms. The predicted molar refractivity (Wildman–Crippen MR) is 67.7 cm³/mol. The summed E-state index contributed by atoms with van der Waals surface area (Å²) in [7, 11) is 1.26. The Balaban J connectivity index is 1.82. The number of hydrogen-bond acceptors (Lipinski definition) is 6. The number of methoxy groups -OCH3 is 1. The first-order chi connectivity index (χ1) is 9.49. The van der Waals surface area contributed by atoms with Crippen molar-refractivity contribution in [3.8, 4) is 0 Å². The Labute approximate surface area is 116 Å². The van der Waals surface area contributed by atoms with Crippen molar-refractivity contribution < 1.29 is 24.2 Å². The molecule has 1 aliphatic carbocycles. The molecule has 0 aromatic heterocycles. The van der Waals surface area contributed by atoms with Gasteiger partial charge in [-0.1, -0.05) is 0 Å². The van der Waals surface area contributed by atoms with Crippen molar-refractivity contribution in [1.82, 2.24) is 15.5 Å². The number of likely N-dealkylation sites (tertiary alicyclic amines) is 1.